The summed E-state index contributed by atoms with van der Waals surface area (Å²) in [5, 5.41) is 20.9. The van der Waals surface area contributed by atoms with Crippen molar-refractivity contribution in [3.63, 3.8) is 0 Å². The molecule has 1 saturated heterocycles. The van der Waals surface area contributed by atoms with Crippen LogP contribution in [0.15, 0.2) is 29.1 Å². The van der Waals surface area contributed by atoms with Gasteiger partial charge in [-0.2, -0.15) is 0 Å². The molecule has 160 valence electrons. The number of likely N-dealkylation sites (tertiary alicyclic amines) is 1. The van der Waals surface area contributed by atoms with E-state index in [1.807, 2.05) is 39.1 Å². The number of nitrogens with one attached hydrogen (secondary N) is 1. The van der Waals surface area contributed by atoms with Crippen LogP contribution in [-0.4, -0.2) is 43.7 Å². The third-order valence-corrected chi connectivity index (χ3v) is 5.78. The lowest BCUT2D eigenvalue weighted by Crippen LogP contribution is -2.36. The summed E-state index contributed by atoms with van der Waals surface area (Å²) < 4.78 is 2.18. The molecule has 30 heavy (non-hydrogen) atoms. The number of nitrogens with zero attached hydrogens (tertiary/aromatic N) is 2. The fourth-order valence-electron chi connectivity index (χ4n) is 4.07. The summed E-state index contributed by atoms with van der Waals surface area (Å²) in [5.74, 6) is -2.07. The topological polar surface area (TPSA) is 98.6 Å². The monoisotopic (exact) mass is 431 g/mol. The van der Waals surface area contributed by atoms with Crippen molar-refractivity contribution in [2.45, 2.75) is 32.7 Å². The first-order valence-electron chi connectivity index (χ1n) is 9.81. The van der Waals surface area contributed by atoms with Crippen LogP contribution in [0.25, 0.3) is 22.2 Å². The lowest BCUT2D eigenvalue weighted by Gasteiger charge is -2.30. The Hall–Kier alpha value is -2.77. The highest BCUT2D eigenvalue weighted by atomic mass is 35.5. The molecule has 0 unspecified atom stereocenters. The lowest BCUT2D eigenvalue weighted by molar-refractivity contribution is 0.0691. The second-order valence-electron chi connectivity index (χ2n) is 8.02. The SMILES string of the molecule is CC(C)c1c(-c2ccc3c(c2)cc(CN2CCC2)n3C)[nH]c(=O)c(C(=O)O)c1O.Cl. The minimum Gasteiger partial charge on any atom is -0.506 e. The standard InChI is InChI=1S/C22H25N3O4.ClH/c1-12(2)17-19(23-21(27)18(20(17)26)22(28)29)13-5-6-16-14(9-13)10-15(24(16)3)11-25-7-4-8-25;/h5-6,9-10,12H,4,7-8,11H2,1-3H3,(H,28,29)(H2,23,26,27);1H. The van der Waals surface area contributed by atoms with Gasteiger partial charge >= 0.3 is 5.97 Å². The van der Waals surface area contributed by atoms with Crippen molar-refractivity contribution >= 4 is 29.3 Å². The number of benzene rings is 1. The summed E-state index contributed by atoms with van der Waals surface area (Å²) in [5.41, 5.74) is 2.52. The third kappa shape index (κ3) is 3.59. The molecule has 0 bridgehead atoms. The van der Waals surface area contributed by atoms with Crippen molar-refractivity contribution in [3.8, 4) is 17.0 Å². The van der Waals surface area contributed by atoms with Crippen molar-refractivity contribution in [3.05, 3.63) is 51.4 Å². The Bertz CT molecular complexity index is 1180. The Morgan fingerprint density at radius 2 is 1.93 bits per heavy atom. The Kier molecular flexibility index (Phi) is 5.97. The molecule has 0 spiro atoms. The number of aromatic carboxylic acids is 1. The first-order chi connectivity index (χ1) is 13.8. The van der Waals surface area contributed by atoms with Crippen LogP contribution in [0, 0.1) is 0 Å². The maximum atomic E-state index is 12.3. The van der Waals surface area contributed by atoms with E-state index in [2.05, 4.69) is 20.5 Å². The number of rotatable bonds is 5. The maximum Gasteiger partial charge on any atom is 0.345 e. The fourth-order valence-corrected chi connectivity index (χ4v) is 4.07. The average molecular weight is 432 g/mol. The number of hydrogen-bond acceptors (Lipinski definition) is 4. The van der Waals surface area contributed by atoms with Crippen LogP contribution < -0.4 is 5.56 Å². The highest BCUT2D eigenvalue weighted by molar-refractivity contribution is 5.93. The van der Waals surface area contributed by atoms with Gasteiger partial charge in [0.2, 0.25) is 0 Å². The van der Waals surface area contributed by atoms with Crippen molar-refractivity contribution in [1.29, 1.82) is 0 Å². The van der Waals surface area contributed by atoms with Gasteiger partial charge in [0.25, 0.3) is 5.56 Å². The molecule has 3 heterocycles. The maximum absolute atomic E-state index is 12.3. The Balaban J connectivity index is 0.00000256. The number of aromatic hydroxyl groups is 1. The van der Waals surface area contributed by atoms with Crippen LogP contribution in [0.1, 0.15) is 47.8 Å². The number of carbonyl (C=O) groups is 1. The second-order valence-corrected chi connectivity index (χ2v) is 8.02. The molecule has 2 aromatic heterocycles. The van der Waals surface area contributed by atoms with Gasteiger partial charge in [0, 0.05) is 35.8 Å². The zero-order chi connectivity index (χ0) is 20.9. The molecule has 4 rings (SSSR count). The molecule has 1 aliphatic rings. The molecule has 0 amide bonds. The average Bonchev–Trinajstić information content (AvgIpc) is 2.92. The predicted molar refractivity (Wildman–Crippen MR) is 119 cm³/mol. The minimum absolute atomic E-state index is 0. The van der Waals surface area contributed by atoms with E-state index in [1.54, 1.807) is 0 Å². The van der Waals surface area contributed by atoms with Gasteiger partial charge in [-0.3, -0.25) is 9.69 Å². The van der Waals surface area contributed by atoms with Crippen LogP contribution in [0.5, 0.6) is 5.75 Å². The third-order valence-electron chi connectivity index (χ3n) is 5.78. The minimum atomic E-state index is -1.44. The lowest BCUT2D eigenvalue weighted by atomic mass is 9.94. The molecule has 8 heteroatoms. The van der Waals surface area contributed by atoms with E-state index in [4.69, 9.17) is 0 Å². The van der Waals surface area contributed by atoms with Gasteiger partial charge in [0.05, 0.1) is 5.69 Å². The van der Waals surface area contributed by atoms with E-state index in [0.29, 0.717) is 11.3 Å². The predicted octanol–water partition coefficient (Wildman–Crippen LogP) is 3.69. The van der Waals surface area contributed by atoms with Crippen LogP contribution in [-0.2, 0) is 13.6 Å². The van der Waals surface area contributed by atoms with Gasteiger partial charge in [0.15, 0.2) is 5.56 Å². The number of halogens is 1. The number of hydrogen-bond donors (Lipinski definition) is 3. The Morgan fingerprint density at radius 3 is 2.50 bits per heavy atom. The van der Waals surface area contributed by atoms with Crippen molar-refractivity contribution in [1.82, 2.24) is 14.5 Å². The number of aromatic nitrogens is 2. The van der Waals surface area contributed by atoms with Gasteiger partial charge in [0.1, 0.15) is 5.75 Å². The summed E-state index contributed by atoms with van der Waals surface area (Å²) in [4.78, 5) is 28.8. The normalized spacial score (nSPS) is 14.0. The largest absolute Gasteiger partial charge is 0.506 e. The van der Waals surface area contributed by atoms with E-state index in [9.17, 15) is 19.8 Å². The first kappa shape index (κ1) is 21.9. The molecule has 1 aromatic carbocycles. The van der Waals surface area contributed by atoms with E-state index in [1.165, 1.54) is 12.1 Å². The van der Waals surface area contributed by atoms with Gasteiger partial charge in [-0.05, 0) is 49.2 Å². The number of H-pyrrole nitrogens is 1. The van der Waals surface area contributed by atoms with Crippen molar-refractivity contribution < 1.29 is 15.0 Å². The number of aryl methyl sites for hydroxylation is 1. The van der Waals surface area contributed by atoms with E-state index in [0.717, 1.165) is 36.1 Å². The zero-order valence-corrected chi connectivity index (χ0v) is 18.0. The molecular weight excluding hydrogens is 406 g/mol. The highest BCUT2D eigenvalue weighted by Crippen LogP contribution is 2.36. The molecule has 7 nitrogen and oxygen atoms in total. The quantitative estimate of drug-likeness (QED) is 0.572. The Morgan fingerprint density at radius 1 is 1.23 bits per heavy atom. The van der Waals surface area contributed by atoms with Crippen molar-refractivity contribution in [2.75, 3.05) is 13.1 Å². The molecule has 1 aliphatic heterocycles. The van der Waals surface area contributed by atoms with E-state index in [-0.39, 0.29) is 18.3 Å². The highest BCUT2D eigenvalue weighted by Gasteiger charge is 2.25. The Labute approximate surface area is 180 Å². The molecule has 0 atom stereocenters. The smallest absolute Gasteiger partial charge is 0.345 e. The summed E-state index contributed by atoms with van der Waals surface area (Å²) in [6.07, 6.45) is 1.25. The molecule has 1 fully saturated rings. The zero-order valence-electron chi connectivity index (χ0n) is 17.2. The van der Waals surface area contributed by atoms with Gasteiger partial charge in [-0.15, -0.1) is 12.4 Å². The second kappa shape index (κ2) is 8.16. The van der Waals surface area contributed by atoms with Gasteiger partial charge < -0.3 is 19.8 Å². The number of carboxylic acids is 1. The van der Waals surface area contributed by atoms with E-state index < -0.39 is 22.8 Å². The number of pyridine rings is 1. The van der Waals surface area contributed by atoms with Gasteiger partial charge in [-0.1, -0.05) is 19.9 Å². The van der Waals surface area contributed by atoms with Crippen LogP contribution in [0.3, 0.4) is 0 Å². The van der Waals surface area contributed by atoms with Crippen LogP contribution >= 0.6 is 12.4 Å². The summed E-state index contributed by atoms with van der Waals surface area (Å²) in [6.45, 7) is 6.87. The number of fused-ring (bicyclic) bond motifs is 1. The summed E-state index contributed by atoms with van der Waals surface area (Å²) in [6, 6.07) is 8.02. The van der Waals surface area contributed by atoms with Crippen LogP contribution in [0.4, 0.5) is 0 Å². The van der Waals surface area contributed by atoms with Gasteiger partial charge in [-0.25, -0.2) is 4.79 Å². The number of carboxylic acid groups (broad SMARTS) is 1. The van der Waals surface area contributed by atoms with E-state index >= 15 is 0 Å². The molecule has 0 aliphatic carbocycles. The van der Waals surface area contributed by atoms with Crippen LogP contribution in [0.2, 0.25) is 0 Å². The molecule has 0 radical (unpaired) electrons. The first-order valence-corrected chi connectivity index (χ1v) is 9.81. The molecule has 3 N–H and O–H groups in total. The molecule has 3 aromatic rings. The van der Waals surface area contributed by atoms with Crippen molar-refractivity contribution in [2.24, 2.45) is 7.05 Å². The fraction of sp³-hybridized carbons (Fsp3) is 0.364. The molecular formula is C22H26ClN3O4. The number of aromatic amines is 1. The molecule has 0 saturated carbocycles. The summed E-state index contributed by atoms with van der Waals surface area (Å²) >= 11 is 0. The summed E-state index contributed by atoms with van der Waals surface area (Å²) in [7, 11) is 2.05.